The molecular formula is C23H25NO5. The highest BCUT2D eigenvalue weighted by molar-refractivity contribution is 5.82. The summed E-state index contributed by atoms with van der Waals surface area (Å²) in [6.07, 6.45) is 6.31. The molecule has 29 heavy (non-hydrogen) atoms. The van der Waals surface area contributed by atoms with Crippen LogP contribution in [0, 0.1) is 0 Å². The Morgan fingerprint density at radius 2 is 1.38 bits per heavy atom. The highest BCUT2D eigenvalue weighted by Crippen LogP contribution is 2.43. The number of hydrogen-bond acceptors (Lipinski definition) is 6. The largest absolute Gasteiger partial charge is 0.496 e. The molecule has 1 unspecified atom stereocenters. The highest BCUT2D eigenvalue weighted by Gasteiger charge is 2.31. The molecule has 0 amide bonds. The molecule has 1 aliphatic heterocycles. The first kappa shape index (κ1) is 19.1. The lowest BCUT2D eigenvalue weighted by Crippen LogP contribution is -2.41. The fraction of sp³-hybridized carbons (Fsp3) is 0.304. The van der Waals surface area contributed by atoms with Crippen molar-refractivity contribution >= 4 is 17.8 Å². The molecule has 0 radical (unpaired) electrons. The maximum absolute atomic E-state index is 5.73. The molecule has 0 fully saturated rings. The standard InChI is InChI=1S/C23H25NO5/c1-24-12-16-21(19(27-4)11-20(28-5)23(16)29-6)14-8-7-13-9-17(25-2)18(26-3)10-15(13)22(14)24/h7-12,22H,1-6H3. The van der Waals surface area contributed by atoms with E-state index in [1.807, 2.05) is 18.2 Å². The zero-order valence-electron chi connectivity index (χ0n) is 17.5. The molecule has 0 aromatic heterocycles. The van der Waals surface area contributed by atoms with E-state index in [9.17, 15) is 0 Å². The molecule has 0 saturated carbocycles. The van der Waals surface area contributed by atoms with E-state index >= 15 is 0 Å². The summed E-state index contributed by atoms with van der Waals surface area (Å²) in [5.74, 6) is 3.49. The second-order valence-electron chi connectivity index (χ2n) is 6.92. The van der Waals surface area contributed by atoms with Gasteiger partial charge in [0.1, 0.15) is 5.75 Å². The molecule has 0 bridgehead atoms. The predicted molar refractivity (Wildman–Crippen MR) is 112 cm³/mol. The molecule has 6 heteroatoms. The molecule has 4 rings (SSSR count). The molecule has 0 spiro atoms. The Balaban J connectivity index is 2.07. The van der Waals surface area contributed by atoms with Crippen molar-refractivity contribution in [3.05, 3.63) is 45.8 Å². The van der Waals surface area contributed by atoms with Crippen LogP contribution >= 0.6 is 0 Å². The van der Waals surface area contributed by atoms with Gasteiger partial charge in [-0.1, -0.05) is 12.2 Å². The van der Waals surface area contributed by atoms with E-state index < -0.39 is 0 Å². The van der Waals surface area contributed by atoms with Gasteiger partial charge in [-0.15, -0.1) is 0 Å². The topological polar surface area (TPSA) is 49.4 Å². The van der Waals surface area contributed by atoms with Crippen LogP contribution in [-0.2, 0) is 0 Å². The zero-order valence-corrected chi connectivity index (χ0v) is 17.5. The third-order valence-corrected chi connectivity index (χ3v) is 5.54. The van der Waals surface area contributed by atoms with E-state index in [0.29, 0.717) is 23.0 Å². The molecule has 1 heterocycles. The van der Waals surface area contributed by atoms with E-state index in [1.165, 1.54) is 0 Å². The Morgan fingerprint density at radius 3 is 2.00 bits per heavy atom. The Hall–Kier alpha value is -3.28. The van der Waals surface area contributed by atoms with Crippen molar-refractivity contribution in [2.24, 2.45) is 0 Å². The van der Waals surface area contributed by atoms with Crippen LogP contribution in [0.4, 0.5) is 0 Å². The highest BCUT2D eigenvalue weighted by atomic mass is 16.5. The second kappa shape index (κ2) is 7.28. The predicted octanol–water partition coefficient (Wildman–Crippen LogP) is 2.33. The summed E-state index contributed by atoms with van der Waals surface area (Å²) in [4.78, 5) is 2.17. The van der Waals surface area contributed by atoms with Crippen LogP contribution in [0.1, 0.15) is 17.2 Å². The van der Waals surface area contributed by atoms with E-state index in [2.05, 4.69) is 30.3 Å². The maximum atomic E-state index is 5.73. The maximum Gasteiger partial charge on any atom is 0.170 e. The fourth-order valence-corrected chi connectivity index (χ4v) is 4.25. The number of fused-ring (bicyclic) bond motifs is 4. The van der Waals surface area contributed by atoms with Crippen molar-refractivity contribution in [2.45, 2.75) is 6.04 Å². The average molecular weight is 395 g/mol. The van der Waals surface area contributed by atoms with Crippen LogP contribution in [0.3, 0.4) is 0 Å². The minimum absolute atomic E-state index is 0.00862. The van der Waals surface area contributed by atoms with Crippen molar-refractivity contribution in [3.63, 3.8) is 0 Å². The SMILES string of the molecule is COc1cc2c(cc1OC)C1C(=c3c(OC)cc(OC)c(OC)c3=CN1C)C=C2. The summed E-state index contributed by atoms with van der Waals surface area (Å²) in [5, 5.41) is 1.94. The number of ether oxygens (including phenoxy) is 5. The summed E-state index contributed by atoms with van der Waals surface area (Å²) in [6.45, 7) is 0. The number of methoxy groups -OCH3 is 5. The first-order chi connectivity index (χ1) is 14.1. The van der Waals surface area contributed by atoms with Crippen molar-refractivity contribution in [1.82, 2.24) is 4.90 Å². The van der Waals surface area contributed by atoms with Gasteiger partial charge in [0.15, 0.2) is 23.0 Å². The summed E-state index contributed by atoms with van der Waals surface area (Å²) >= 11 is 0. The number of rotatable bonds is 5. The van der Waals surface area contributed by atoms with Gasteiger partial charge in [0.25, 0.3) is 0 Å². The Bertz CT molecular complexity index is 1120. The normalized spacial score (nSPS) is 16.3. The van der Waals surface area contributed by atoms with Crippen molar-refractivity contribution in [1.29, 1.82) is 0 Å². The molecule has 2 aromatic carbocycles. The average Bonchev–Trinajstić information content (AvgIpc) is 2.76. The van der Waals surface area contributed by atoms with Gasteiger partial charge in [-0.25, -0.2) is 0 Å². The Morgan fingerprint density at radius 1 is 0.724 bits per heavy atom. The smallest absolute Gasteiger partial charge is 0.170 e. The van der Waals surface area contributed by atoms with Crippen LogP contribution in [0.2, 0.25) is 0 Å². The summed E-state index contributed by atoms with van der Waals surface area (Å²) in [5.41, 5.74) is 3.36. The molecular weight excluding hydrogens is 370 g/mol. The molecule has 0 N–H and O–H groups in total. The van der Waals surface area contributed by atoms with Crippen LogP contribution in [0.15, 0.2) is 24.3 Å². The van der Waals surface area contributed by atoms with Gasteiger partial charge in [0.05, 0.1) is 41.6 Å². The first-order valence-corrected chi connectivity index (χ1v) is 9.28. The number of hydrogen-bond donors (Lipinski definition) is 0. The van der Waals surface area contributed by atoms with Crippen LogP contribution in [0.25, 0.3) is 17.8 Å². The summed E-state index contributed by atoms with van der Waals surface area (Å²) < 4.78 is 28.0. The Labute approximate surface area is 170 Å². The molecule has 0 saturated heterocycles. The quantitative estimate of drug-likeness (QED) is 0.775. The molecule has 1 atom stereocenters. The molecule has 2 aromatic rings. The second-order valence-corrected chi connectivity index (χ2v) is 6.92. The lowest BCUT2D eigenvalue weighted by atomic mass is 9.84. The van der Waals surface area contributed by atoms with Crippen molar-refractivity contribution in [2.75, 3.05) is 42.6 Å². The lowest BCUT2D eigenvalue weighted by Gasteiger charge is -2.35. The van der Waals surface area contributed by atoms with Crippen LogP contribution in [-0.4, -0.2) is 47.5 Å². The summed E-state index contributed by atoms with van der Waals surface area (Å²) in [7, 11) is 10.3. The summed E-state index contributed by atoms with van der Waals surface area (Å²) in [6, 6.07) is 5.94. The van der Waals surface area contributed by atoms with Gasteiger partial charge in [-0.05, 0) is 28.8 Å². The van der Waals surface area contributed by atoms with E-state index in [-0.39, 0.29) is 6.04 Å². The van der Waals surface area contributed by atoms with E-state index in [0.717, 1.165) is 32.9 Å². The fourth-order valence-electron chi connectivity index (χ4n) is 4.25. The third-order valence-electron chi connectivity index (χ3n) is 5.54. The van der Waals surface area contributed by atoms with Gasteiger partial charge < -0.3 is 28.6 Å². The van der Waals surface area contributed by atoms with E-state index in [4.69, 9.17) is 23.7 Å². The minimum atomic E-state index is 0.00862. The van der Waals surface area contributed by atoms with E-state index in [1.54, 1.807) is 35.5 Å². The van der Waals surface area contributed by atoms with Gasteiger partial charge in [0.2, 0.25) is 0 Å². The first-order valence-electron chi connectivity index (χ1n) is 9.28. The molecule has 1 aliphatic carbocycles. The third kappa shape index (κ3) is 2.78. The lowest BCUT2D eigenvalue weighted by molar-refractivity contribution is 0.341. The van der Waals surface area contributed by atoms with Gasteiger partial charge >= 0.3 is 0 Å². The molecule has 6 nitrogen and oxygen atoms in total. The molecule has 2 aliphatic rings. The minimum Gasteiger partial charge on any atom is -0.496 e. The van der Waals surface area contributed by atoms with Gasteiger partial charge in [-0.3, -0.25) is 0 Å². The van der Waals surface area contributed by atoms with Crippen LogP contribution in [0.5, 0.6) is 28.7 Å². The molecule has 152 valence electrons. The van der Waals surface area contributed by atoms with Crippen LogP contribution < -0.4 is 34.1 Å². The monoisotopic (exact) mass is 395 g/mol. The van der Waals surface area contributed by atoms with Gasteiger partial charge in [0, 0.05) is 29.8 Å². The number of nitrogens with zero attached hydrogens (tertiary/aromatic N) is 1. The van der Waals surface area contributed by atoms with Crippen molar-refractivity contribution in [3.8, 4) is 28.7 Å². The Kier molecular flexibility index (Phi) is 4.78. The number of benzene rings is 2. The van der Waals surface area contributed by atoms with Crippen molar-refractivity contribution < 1.29 is 23.7 Å². The zero-order chi connectivity index (χ0) is 20.7. The van der Waals surface area contributed by atoms with Gasteiger partial charge in [-0.2, -0.15) is 0 Å².